The number of urea groups is 1. The fourth-order valence-corrected chi connectivity index (χ4v) is 3.70. The number of nitrogens with one attached hydrogen (secondary N) is 1. The van der Waals surface area contributed by atoms with Crippen molar-refractivity contribution in [2.24, 2.45) is 0 Å². The molecule has 0 spiro atoms. The number of amides is 2. The highest BCUT2D eigenvalue weighted by Gasteiger charge is 2.22. The molecule has 154 valence electrons. The van der Waals surface area contributed by atoms with Crippen LogP contribution in [-0.4, -0.2) is 47.3 Å². The van der Waals surface area contributed by atoms with Crippen LogP contribution in [0.15, 0.2) is 54.6 Å². The van der Waals surface area contributed by atoms with Crippen molar-refractivity contribution in [3.8, 4) is 11.3 Å². The summed E-state index contributed by atoms with van der Waals surface area (Å²) in [6.45, 7) is 8.88. The fraction of sp³-hybridized carbons (Fsp3) is 0.292. The predicted octanol–water partition coefficient (Wildman–Crippen LogP) is 4.42. The number of nitrogens with zero attached hydrogens (tertiary/aromatic N) is 4. The van der Waals surface area contributed by atoms with Gasteiger partial charge < -0.3 is 15.1 Å². The number of carbonyl (C=O) groups excluding carboxylic acids is 1. The number of anilines is 2. The highest BCUT2D eigenvalue weighted by Crippen LogP contribution is 2.23. The summed E-state index contributed by atoms with van der Waals surface area (Å²) in [6.07, 6.45) is 0. The van der Waals surface area contributed by atoms with Crippen molar-refractivity contribution in [1.29, 1.82) is 0 Å². The maximum Gasteiger partial charge on any atom is 0.321 e. The Morgan fingerprint density at radius 1 is 0.867 bits per heavy atom. The van der Waals surface area contributed by atoms with Crippen molar-refractivity contribution in [2.75, 3.05) is 36.4 Å². The first-order chi connectivity index (χ1) is 14.5. The molecule has 1 aliphatic heterocycles. The smallest absolute Gasteiger partial charge is 0.321 e. The number of carbonyl (C=O) groups is 1. The van der Waals surface area contributed by atoms with Crippen LogP contribution < -0.4 is 10.2 Å². The van der Waals surface area contributed by atoms with Gasteiger partial charge >= 0.3 is 6.03 Å². The van der Waals surface area contributed by atoms with E-state index in [0.717, 1.165) is 47.0 Å². The van der Waals surface area contributed by atoms with Crippen LogP contribution in [0.5, 0.6) is 0 Å². The lowest BCUT2D eigenvalue weighted by atomic mass is 10.1. The molecule has 1 aromatic heterocycles. The van der Waals surface area contributed by atoms with E-state index in [4.69, 9.17) is 0 Å². The second kappa shape index (κ2) is 8.53. The monoisotopic (exact) mass is 401 g/mol. The van der Waals surface area contributed by atoms with Gasteiger partial charge in [0.05, 0.1) is 5.69 Å². The SMILES string of the molecule is Cc1ccc(C)c(NC(=O)N2CCN(c3ccc(-c4ccccc4C)nn3)CC2)c1. The van der Waals surface area contributed by atoms with Crippen LogP contribution >= 0.6 is 0 Å². The van der Waals surface area contributed by atoms with E-state index in [2.05, 4.69) is 45.5 Å². The summed E-state index contributed by atoms with van der Waals surface area (Å²) in [4.78, 5) is 16.7. The third kappa shape index (κ3) is 4.27. The van der Waals surface area contributed by atoms with Crippen molar-refractivity contribution in [2.45, 2.75) is 20.8 Å². The second-order valence-corrected chi connectivity index (χ2v) is 7.81. The zero-order valence-corrected chi connectivity index (χ0v) is 17.7. The van der Waals surface area contributed by atoms with Crippen LogP contribution in [0.2, 0.25) is 0 Å². The summed E-state index contributed by atoms with van der Waals surface area (Å²) in [5.74, 6) is 0.849. The molecule has 4 rings (SSSR count). The second-order valence-electron chi connectivity index (χ2n) is 7.81. The average molecular weight is 402 g/mol. The van der Waals surface area contributed by atoms with Gasteiger partial charge in [0.1, 0.15) is 0 Å². The topological polar surface area (TPSA) is 61.4 Å². The zero-order valence-electron chi connectivity index (χ0n) is 17.7. The van der Waals surface area contributed by atoms with Crippen molar-refractivity contribution in [3.05, 3.63) is 71.3 Å². The molecule has 1 N–H and O–H groups in total. The van der Waals surface area contributed by atoms with Gasteiger partial charge in [-0.1, -0.05) is 36.4 Å². The van der Waals surface area contributed by atoms with Crippen molar-refractivity contribution in [3.63, 3.8) is 0 Å². The molecular formula is C24H27N5O. The quantitative estimate of drug-likeness (QED) is 0.706. The summed E-state index contributed by atoms with van der Waals surface area (Å²) in [5.41, 5.74) is 6.24. The molecule has 0 atom stereocenters. The van der Waals surface area contributed by atoms with Gasteiger partial charge in [-0.05, 0) is 55.7 Å². The van der Waals surface area contributed by atoms with Crippen LogP contribution in [0, 0.1) is 20.8 Å². The Morgan fingerprint density at radius 2 is 1.63 bits per heavy atom. The molecule has 2 amide bonds. The van der Waals surface area contributed by atoms with Crippen molar-refractivity contribution >= 4 is 17.5 Å². The lowest BCUT2D eigenvalue weighted by Gasteiger charge is -2.35. The molecule has 6 nitrogen and oxygen atoms in total. The summed E-state index contributed by atoms with van der Waals surface area (Å²) in [7, 11) is 0. The average Bonchev–Trinajstić information content (AvgIpc) is 2.77. The first-order valence-electron chi connectivity index (χ1n) is 10.3. The number of hydrogen-bond donors (Lipinski definition) is 1. The molecule has 0 aliphatic carbocycles. The molecule has 2 heterocycles. The summed E-state index contributed by atoms with van der Waals surface area (Å²) in [5, 5.41) is 11.9. The van der Waals surface area contributed by atoms with Gasteiger partial charge in [0, 0.05) is 37.4 Å². The predicted molar refractivity (Wildman–Crippen MR) is 121 cm³/mol. The van der Waals surface area contributed by atoms with Crippen molar-refractivity contribution in [1.82, 2.24) is 15.1 Å². The molecule has 0 radical (unpaired) electrons. The number of piperazine rings is 1. The fourth-order valence-electron chi connectivity index (χ4n) is 3.70. The standard InChI is InChI=1S/C24H27N5O/c1-17-8-9-19(3)22(16-17)25-24(30)29-14-12-28(13-15-29)23-11-10-21(26-27-23)20-7-5-4-6-18(20)2/h4-11,16H,12-15H2,1-3H3,(H,25,30). The molecule has 1 saturated heterocycles. The van der Waals surface area contributed by atoms with Gasteiger partial charge in [0.25, 0.3) is 0 Å². The molecule has 30 heavy (non-hydrogen) atoms. The first kappa shape index (κ1) is 19.9. The van der Waals surface area contributed by atoms with Gasteiger partial charge in [-0.2, -0.15) is 0 Å². The van der Waals surface area contributed by atoms with E-state index in [9.17, 15) is 4.79 Å². The van der Waals surface area contributed by atoms with Crippen LogP contribution in [0.4, 0.5) is 16.3 Å². The highest BCUT2D eigenvalue weighted by molar-refractivity contribution is 5.90. The molecule has 2 aromatic carbocycles. The highest BCUT2D eigenvalue weighted by atomic mass is 16.2. The Balaban J connectivity index is 1.37. The number of hydrogen-bond acceptors (Lipinski definition) is 4. The van der Waals surface area contributed by atoms with E-state index in [-0.39, 0.29) is 6.03 Å². The van der Waals surface area contributed by atoms with Gasteiger partial charge in [-0.25, -0.2) is 4.79 Å². The van der Waals surface area contributed by atoms with Gasteiger partial charge in [-0.15, -0.1) is 10.2 Å². The molecule has 3 aromatic rings. The maximum atomic E-state index is 12.7. The Labute approximate surface area is 177 Å². The van der Waals surface area contributed by atoms with E-state index >= 15 is 0 Å². The van der Waals surface area contributed by atoms with Crippen molar-refractivity contribution < 1.29 is 4.79 Å². The molecule has 0 saturated carbocycles. The van der Waals surface area contributed by atoms with Gasteiger partial charge in [0.2, 0.25) is 0 Å². The normalized spacial score (nSPS) is 14.0. The molecule has 1 fully saturated rings. The lowest BCUT2D eigenvalue weighted by molar-refractivity contribution is 0.208. The zero-order chi connectivity index (χ0) is 21.1. The Bertz CT molecular complexity index is 1040. The van der Waals surface area contributed by atoms with Crippen LogP contribution in [0.3, 0.4) is 0 Å². The van der Waals surface area contributed by atoms with E-state index in [1.165, 1.54) is 5.56 Å². The molecule has 1 aliphatic rings. The number of rotatable bonds is 3. The van der Waals surface area contributed by atoms with Gasteiger partial charge in [0.15, 0.2) is 5.82 Å². The lowest BCUT2D eigenvalue weighted by Crippen LogP contribution is -2.50. The van der Waals surface area contributed by atoms with E-state index in [1.54, 1.807) is 0 Å². The minimum absolute atomic E-state index is 0.0515. The van der Waals surface area contributed by atoms with Crippen LogP contribution in [0.25, 0.3) is 11.3 Å². The minimum atomic E-state index is -0.0515. The Hall–Kier alpha value is -3.41. The first-order valence-corrected chi connectivity index (χ1v) is 10.3. The molecular weight excluding hydrogens is 374 g/mol. The number of aromatic nitrogens is 2. The number of benzene rings is 2. The third-order valence-electron chi connectivity index (χ3n) is 5.60. The molecule has 6 heteroatoms. The summed E-state index contributed by atoms with van der Waals surface area (Å²) in [6, 6.07) is 18.2. The molecule has 0 bridgehead atoms. The van der Waals surface area contributed by atoms with E-state index in [0.29, 0.717) is 13.1 Å². The van der Waals surface area contributed by atoms with E-state index < -0.39 is 0 Å². The largest absolute Gasteiger partial charge is 0.352 e. The van der Waals surface area contributed by atoms with Gasteiger partial charge in [-0.3, -0.25) is 0 Å². The third-order valence-corrected chi connectivity index (χ3v) is 5.60. The number of aryl methyl sites for hydroxylation is 3. The minimum Gasteiger partial charge on any atom is -0.352 e. The summed E-state index contributed by atoms with van der Waals surface area (Å²) < 4.78 is 0. The van der Waals surface area contributed by atoms with Crippen LogP contribution in [-0.2, 0) is 0 Å². The summed E-state index contributed by atoms with van der Waals surface area (Å²) >= 11 is 0. The molecule has 0 unspecified atom stereocenters. The Kier molecular flexibility index (Phi) is 5.65. The van der Waals surface area contributed by atoms with Crippen LogP contribution in [0.1, 0.15) is 16.7 Å². The maximum absolute atomic E-state index is 12.7. The van der Waals surface area contributed by atoms with E-state index in [1.807, 2.05) is 55.1 Å². The Morgan fingerprint density at radius 3 is 2.33 bits per heavy atom.